The number of hydrazone groups is 1. The van der Waals surface area contributed by atoms with Crippen molar-refractivity contribution in [2.24, 2.45) is 5.10 Å². The summed E-state index contributed by atoms with van der Waals surface area (Å²) in [4.78, 5) is 16.9. The highest BCUT2D eigenvalue weighted by Gasteiger charge is 2.11. The minimum absolute atomic E-state index is 0.188. The third-order valence-electron chi connectivity index (χ3n) is 4.80. The van der Waals surface area contributed by atoms with Gasteiger partial charge in [-0.05, 0) is 24.3 Å². The molecule has 162 valence electrons. The summed E-state index contributed by atoms with van der Waals surface area (Å²) in [6.07, 6.45) is 3.54. The Morgan fingerprint density at radius 2 is 1.73 bits per heavy atom. The van der Waals surface area contributed by atoms with Crippen molar-refractivity contribution in [3.05, 3.63) is 96.7 Å². The van der Waals surface area contributed by atoms with E-state index in [1.807, 2.05) is 95.8 Å². The molecule has 0 aliphatic heterocycles. The largest absolute Gasteiger partial charge is 0.272 e. The number of thioether (sulfide) groups is 1. The number of carbonyl (C=O) groups excluding carboxylic acids is 1. The molecule has 5 rings (SSSR count). The van der Waals surface area contributed by atoms with Crippen LogP contribution in [0.1, 0.15) is 5.56 Å². The molecular formula is C25H19N5OS2. The Balaban J connectivity index is 1.29. The van der Waals surface area contributed by atoms with Crippen molar-refractivity contribution in [3.8, 4) is 16.9 Å². The first-order chi connectivity index (χ1) is 16.3. The molecule has 2 heterocycles. The van der Waals surface area contributed by atoms with Crippen molar-refractivity contribution in [3.63, 3.8) is 0 Å². The second-order valence-electron chi connectivity index (χ2n) is 7.11. The number of aromatic nitrogens is 3. The maximum absolute atomic E-state index is 12.3. The molecule has 3 aromatic carbocycles. The molecule has 0 unspecified atom stereocenters. The predicted molar refractivity (Wildman–Crippen MR) is 135 cm³/mol. The molecule has 0 spiro atoms. The molecule has 5 aromatic rings. The van der Waals surface area contributed by atoms with Gasteiger partial charge in [0.25, 0.3) is 5.91 Å². The number of rotatable bonds is 7. The summed E-state index contributed by atoms with van der Waals surface area (Å²) in [5, 5.41) is 8.93. The summed E-state index contributed by atoms with van der Waals surface area (Å²) < 4.78 is 3.79. The third kappa shape index (κ3) is 5.02. The zero-order chi connectivity index (χ0) is 22.5. The molecule has 0 aliphatic carbocycles. The lowest BCUT2D eigenvalue weighted by Crippen LogP contribution is -2.19. The number of carbonyl (C=O) groups is 1. The van der Waals surface area contributed by atoms with Crippen LogP contribution in [0.2, 0.25) is 0 Å². The second kappa shape index (κ2) is 9.81. The van der Waals surface area contributed by atoms with Gasteiger partial charge >= 0.3 is 0 Å². The van der Waals surface area contributed by atoms with Gasteiger partial charge in [-0.25, -0.2) is 15.1 Å². The summed E-state index contributed by atoms with van der Waals surface area (Å²) in [7, 11) is 0. The van der Waals surface area contributed by atoms with E-state index in [0.717, 1.165) is 37.1 Å². The van der Waals surface area contributed by atoms with Crippen molar-refractivity contribution in [1.29, 1.82) is 0 Å². The zero-order valence-electron chi connectivity index (χ0n) is 17.5. The van der Waals surface area contributed by atoms with Crippen LogP contribution in [0.15, 0.2) is 101 Å². The van der Waals surface area contributed by atoms with Crippen LogP contribution < -0.4 is 5.43 Å². The molecule has 1 amide bonds. The van der Waals surface area contributed by atoms with E-state index in [9.17, 15) is 4.79 Å². The van der Waals surface area contributed by atoms with E-state index in [1.165, 1.54) is 11.8 Å². The van der Waals surface area contributed by atoms with Crippen molar-refractivity contribution >= 4 is 45.4 Å². The first-order valence-electron chi connectivity index (χ1n) is 10.3. The van der Waals surface area contributed by atoms with Gasteiger partial charge in [-0.2, -0.15) is 10.2 Å². The highest BCUT2D eigenvalue weighted by Crippen LogP contribution is 2.29. The van der Waals surface area contributed by atoms with Gasteiger partial charge in [-0.3, -0.25) is 4.79 Å². The lowest BCUT2D eigenvalue weighted by Gasteiger charge is -2.00. The van der Waals surface area contributed by atoms with Crippen molar-refractivity contribution in [1.82, 2.24) is 20.2 Å². The summed E-state index contributed by atoms with van der Waals surface area (Å²) in [6.45, 7) is 0. The van der Waals surface area contributed by atoms with Gasteiger partial charge in [-0.15, -0.1) is 11.3 Å². The summed E-state index contributed by atoms with van der Waals surface area (Å²) >= 11 is 2.99. The molecular weight excluding hydrogens is 450 g/mol. The van der Waals surface area contributed by atoms with Gasteiger partial charge in [0.15, 0.2) is 4.34 Å². The molecule has 0 radical (unpaired) electrons. The van der Waals surface area contributed by atoms with Crippen LogP contribution in [0.3, 0.4) is 0 Å². The van der Waals surface area contributed by atoms with Gasteiger partial charge in [0, 0.05) is 17.3 Å². The van der Waals surface area contributed by atoms with Crippen molar-refractivity contribution in [2.45, 2.75) is 4.34 Å². The van der Waals surface area contributed by atoms with E-state index < -0.39 is 0 Å². The Hall–Kier alpha value is -3.75. The van der Waals surface area contributed by atoms with Crippen LogP contribution in [-0.2, 0) is 4.79 Å². The van der Waals surface area contributed by atoms with Crippen LogP contribution in [0.4, 0.5) is 0 Å². The van der Waals surface area contributed by atoms with E-state index in [4.69, 9.17) is 5.10 Å². The zero-order valence-corrected chi connectivity index (χ0v) is 19.1. The van der Waals surface area contributed by atoms with Crippen LogP contribution in [0.25, 0.3) is 27.2 Å². The van der Waals surface area contributed by atoms with Gasteiger partial charge in [0.1, 0.15) is 5.69 Å². The fourth-order valence-electron chi connectivity index (χ4n) is 3.26. The molecule has 33 heavy (non-hydrogen) atoms. The molecule has 0 bridgehead atoms. The second-order valence-corrected chi connectivity index (χ2v) is 9.36. The maximum Gasteiger partial charge on any atom is 0.250 e. The van der Waals surface area contributed by atoms with E-state index in [1.54, 1.807) is 17.6 Å². The number of para-hydroxylation sites is 2. The number of nitrogens with one attached hydrogen (secondary N) is 1. The molecule has 0 fully saturated rings. The summed E-state index contributed by atoms with van der Waals surface area (Å²) in [5.41, 5.74) is 7.09. The molecule has 6 nitrogen and oxygen atoms in total. The minimum Gasteiger partial charge on any atom is -0.272 e. The molecule has 0 saturated heterocycles. The third-order valence-corrected chi connectivity index (χ3v) is 6.98. The summed E-state index contributed by atoms with van der Waals surface area (Å²) in [6, 6.07) is 27.7. The molecule has 0 saturated carbocycles. The summed E-state index contributed by atoms with van der Waals surface area (Å²) in [5.74, 6) is 0.0543. The highest BCUT2D eigenvalue weighted by atomic mass is 32.2. The number of thiazole rings is 1. The molecule has 2 aromatic heterocycles. The number of benzene rings is 3. The normalized spacial score (nSPS) is 11.3. The number of hydrogen-bond acceptors (Lipinski definition) is 6. The minimum atomic E-state index is -0.188. The number of amides is 1. The molecule has 0 aliphatic rings. The standard InChI is InChI=1S/C25H19N5OS2/c31-23(17-32-25-27-21-13-7-8-14-22(21)33-25)28-26-15-19-16-30(20-11-5-2-6-12-20)29-24(19)18-9-3-1-4-10-18/h1-16H,17H2,(H,28,31)/b26-15-. The van der Waals surface area contributed by atoms with Crippen LogP contribution >= 0.6 is 23.1 Å². The first-order valence-corrected chi connectivity index (χ1v) is 12.1. The fraction of sp³-hybridized carbons (Fsp3) is 0.0400. The average molecular weight is 470 g/mol. The highest BCUT2D eigenvalue weighted by molar-refractivity contribution is 8.01. The van der Waals surface area contributed by atoms with Crippen molar-refractivity contribution < 1.29 is 4.79 Å². The Morgan fingerprint density at radius 1 is 1.00 bits per heavy atom. The van der Waals surface area contributed by atoms with E-state index in [2.05, 4.69) is 15.5 Å². The quantitative estimate of drug-likeness (QED) is 0.197. The predicted octanol–water partition coefficient (Wildman–Crippen LogP) is 5.39. The smallest absolute Gasteiger partial charge is 0.250 e. The SMILES string of the molecule is O=C(CSc1nc2ccccc2s1)N/N=C\c1cn(-c2ccccc2)nc1-c1ccccc1. The maximum atomic E-state index is 12.3. The fourth-order valence-corrected chi connectivity index (χ4v) is 5.12. The molecule has 1 N–H and O–H groups in total. The number of nitrogens with zero attached hydrogens (tertiary/aromatic N) is 4. The average Bonchev–Trinajstić information content (AvgIpc) is 3.48. The number of hydrogen-bond donors (Lipinski definition) is 1. The van der Waals surface area contributed by atoms with Gasteiger partial charge in [0.2, 0.25) is 0 Å². The topological polar surface area (TPSA) is 72.2 Å². The van der Waals surface area contributed by atoms with Crippen molar-refractivity contribution in [2.75, 3.05) is 5.75 Å². The lowest BCUT2D eigenvalue weighted by molar-refractivity contribution is -0.118. The van der Waals surface area contributed by atoms with Crippen LogP contribution in [0.5, 0.6) is 0 Å². The van der Waals surface area contributed by atoms with Gasteiger partial charge in [0.05, 0.1) is 27.9 Å². The monoisotopic (exact) mass is 469 g/mol. The van der Waals surface area contributed by atoms with E-state index in [0.29, 0.717) is 0 Å². The Kier molecular flexibility index (Phi) is 6.27. The van der Waals surface area contributed by atoms with Gasteiger partial charge < -0.3 is 0 Å². The Labute approximate surface area is 199 Å². The Bertz CT molecular complexity index is 1380. The molecule has 0 atom stereocenters. The van der Waals surface area contributed by atoms with Crippen LogP contribution in [0, 0.1) is 0 Å². The molecule has 8 heteroatoms. The lowest BCUT2D eigenvalue weighted by atomic mass is 10.1. The van der Waals surface area contributed by atoms with Gasteiger partial charge in [-0.1, -0.05) is 72.4 Å². The number of fused-ring (bicyclic) bond motifs is 1. The Morgan fingerprint density at radius 3 is 2.52 bits per heavy atom. The van der Waals surface area contributed by atoms with E-state index in [-0.39, 0.29) is 11.7 Å². The van der Waals surface area contributed by atoms with E-state index >= 15 is 0 Å². The first kappa shape index (κ1) is 21.1. The van der Waals surface area contributed by atoms with Crippen LogP contribution in [-0.4, -0.2) is 32.6 Å².